The van der Waals surface area contributed by atoms with E-state index < -0.39 is 10.0 Å². The minimum Gasteiger partial charge on any atom is -0.325 e. The van der Waals surface area contributed by atoms with Crippen molar-refractivity contribution in [2.24, 2.45) is 0 Å². The third-order valence-corrected chi connectivity index (χ3v) is 6.85. The van der Waals surface area contributed by atoms with E-state index in [-0.39, 0.29) is 12.5 Å². The molecule has 1 aliphatic rings. The van der Waals surface area contributed by atoms with Gasteiger partial charge in [0.15, 0.2) is 0 Å². The second-order valence-electron chi connectivity index (χ2n) is 7.32. The lowest BCUT2D eigenvalue weighted by Crippen LogP contribution is -2.50. The number of sulfonamides is 1. The lowest BCUT2D eigenvalue weighted by atomic mass is 10.0. The van der Waals surface area contributed by atoms with E-state index in [1.807, 2.05) is 47.4 Å². The number of benzene rings is 2. The minimum atomic E-state index is -3.50. The Balaban J connectivity index is 1.54. The molecule has 1 amide bonds. The molecule has 1 fully saturated rings. The van der Waals surface area contributed by atoms with Crippen LogP contribution in [0.5, 0.6) is 0 Å². The molecular formula is C21H27N3O3S. The number of rotatable bonds is 6. The topological polar surface area (TPSA) is 69.7 Å². The monoisotopic (exact) mass is 401 g/mol. The van der Waals surface area contributed by atoms with E-state index in [0.29, 0.717) is 37.0 Å². The van der Waals surface area contributed by atoms with Gasteiger partial charge in [0, 0.05) is 31.9 Å². The molecule has 2 aromatic carbocycles. The summed E-state index contributed by atoms with van der Waals surface area (Å²) in [4.78, 5) is 14.5. The van der Waals surface area contributed by atoms with Crippen LogP contribution >= 0.6 is 0 Å². The van der Waals surface area contributed by atoms with Crippen LogP contribution in [0.15, 0.2) is 59.5 Å². The average Bonchev–Trinajstić information content (AvgIpc) is 2.69. The minimum absolute atomic E-state index is 0.0909. The number of carbonyl (C=O) groups excluding carboxylic acids is 1. The number of carbonyl (C=O) groups is 1. The zero-order valence-corrected chi connectivity index (χ0v) is 17.2. The SMILES string of the molecule is CC(C)c1ccc(S(=O)(=O)N2CCN(CC(=O)Nc3ccccc3)CC2)cc1. The van der Waals surface area contributed by atoms with Gasteiger partial charge < -0.3 is 5.32 Å². The highest BCUT2D eigenvalue weighted by Crippen LogP contribution is 2.21. The van der Waals surface area contributed by atoms with Crippen LogP contribution in [-0.4, -0.2) is 56.3 Å². The summed E-state index contributed by atoms with van der Waals surface area (Å²) in [6, 6.07) is 16.4. The number of para-hydroxylation sites is 1. The molecule has 0 aliphatic carbocycles. The maximum Gasteiger partial charge on any atom is 0.243 e. The quantitative estimate of drug-likeness (QED) is 0.808. The number of hydrogen-bond donors (Lipinski definition) is 1. The van der Waals surface area contributed by atoms with Crippen LogP contribution in [0.2, 0.25) is 0 Å². The number of anilines is 1. The van der Waals surface area contributed by atoms with Crippen molar-refractivity contribution in [2.45, 2.75) is 24.7 Å². The maximum atomic E-state index is 12.9. The van der Waals surface area contributed by atoms with Gasteiger partial charge in [0.1, 0.15) is 0 Å². The van der Waals surface area contributed by atoms with Crippen LogP contribution in [0.4, 0.5) is 5.69 Å². The third kappa shape index (κ3) is 4.98. The van der Waals surface area contributed by atoms with Gasteiger partial charge in [-0.15, -0.1) is 0 Å². The highest BCUT2D eigenvalue weighted by molar-refractivity contribution is 7.89. The fourth-order valence-corrected chi connectivity index (χ4v) is 4.65. The zero-order chi connectivity index (χ0) is 20.1. The summed E-state index contributed by atoms with van der Waals surface area (Å²) in [6.07, 6.45) is 0. The van der Waals surface area contributed by atoms with Gasteiger partial charge in [0.25, 0.3) is 0 Å². The normalized spacial score (nSPS) is 16.2. The van der Waals surface area contributed by atoms with Crippen molar-refractivity contribution in [1.82, 2.24) is 9.21 Å². The van der Waals surface area contributed by atoms with Gasteiger partial charge in [-0.3, -0.25) is 9.69 Å². The molecule has 0 saturated carbocycles. The van der Waals surface area contributed by atoms with Crippen LogP contribution in [0, 0.1) is 0 Å². The zero-order valence-electron chi connectivity index (χ0n) is 16.3. The van der Waals surface area contributed by atoms with Gasteiger partial charge in [0.2, 0.25) is 15.9 Å². The molecule has 28 heavy (non-hydrogen) atoms. The van der Waals surface area contributed by atoms with E-state index in [1.165, 1.54) is 4.31 Å². The summed E-state index contributed by atoms with van der Waals surface area (Å²) in [6.45, 7) is 6.25. The molecule has 1 saturated heterocycles. The summed E-state index contributed by atoms with van der Waals surface area (Å²) in [5, 5.41) is 2.86. The highest BCUT2D eigenvalue weighted by atomic mass is 32.2. The second-order valence-corrected chi connectivity index (χ2v) is 9.26. The first-order chi connectivity index (χ1) is 13.4. The van der Waals surface area contributed by atoms with Crippen molar-refractivity contribution >= 4 is 21.6 Å². The fraction of sp³-hybridized carbons (Fsp3) is 0.381. The van der Waals surface area contributed by atoms with Gasteiger partial charge in [0.05, 0.1) is 11.4 Å². The summed E-state index contributed by atoms with van der Waals surface area (Å²) in [5.41, 5.74) is 1.88. The molecule has 0 spiro atoms. The van der Waals surface area contributed by atoms with E-state index in [2.05, 4.69) is 19.2 Å². The Morgan fingerprint density at radius 2 is 1.57 bits per heavy atom. The van der Waals surface area contributed by atoms with Gasteiger partial charge >= 0.3 is 0 Å². The molecule has 1 aliphatic heterocycles. The van der Waals surface area contributed by atoms with Crippen LogP contribution < -0.4 is 5.32 Å². The largest absolute Gasteiger partial charge is 0.325 e. The molecule has 3 rings (SSSR count). The molecule has 0 aromatic heterocycles. The van der Waals surface area contributed by atoms with E-state index in [9.17, 15) is 13.2 Å². The van der Waals surface area contributed by atoms with Gasteiger partial charge in [-0.25, -0.2) is 8.42 Å². The summed E-state index contributed by atoms with van der Waals surface area (Å²) in [7, 11) is -3.50. The molecule has 0 atom stereocenters. The number of amides is 1. The Kier molecular flexibility index (Phi) is 6.49. The standard InChI is InChI=1S/C21H27N3O3S/c1-17(2)18-8-10-20(11-9-18)28(26,27)24-14-12-23(13-15-24)16-21(25)22-19-6-4-3-5-7-19/h3-11,17H,12-16H2,1-2H3,(H,22,25). The fourth-order valence-electron chi connectivity index (χ4n) is 3.23. The Hall–Kier alpha value is -2.22. The van der Waals surface area contributed by atoms with E-state index in [0.717, 1.165) is 11.3 Å². The molecule has 0 bridgehead atoms. The molecule has 7 heteroatoms. The van der Waals surface area contributed by atoms with E-state index >= 15 is 0 Å². The Morgan fingerprint density at radius 3 is 2.14 bits per heavy atom. The third-order valence-electron chi connectivity index (χ3n) is 4.94. The first-order valence-electron chi connectivity index (χ1n) is 9.53. The van der Waals surface area contributed by atoms with Gasteiger partial charge in [-0.05, 0) is 35.7 Å². The molecule has 150 valence electrons. The van der Waals surface area contributed by atoms with Crippen molar-refractivity contribution in [1.29, 1.82) is 0 Å². The number of hydrogen-bond acceptors (Lipinski definition) is 4. The van der Waals surface area contributed by atoms with Crippen molar-refractivity contribution < 1.29 is 13.2 Å². The average molecular weight is 402 g/mol. The lowest BCUT2D eigenvalue weighted by Gasteiger charge is -2.33. The Morgan fingerprint density at radius 1 is 0.964 bits per heavy atom. The highest BCUT2D eigenvalue weighted by Gasteiger charge is 2.29. The van der Waals surface area contributed by atoms with E-state index in [4.69, 9.17) is 0 Å². The summed E-state index contributed by atoms with van der Waals surface area (Å²) in [5.74, 6) is 0.272. The van der Waals surface area contributed by atoms with E-state index in [1.54, 1.807) is 12.1 Å². The first-order valence-corrected chi connectivity index (χ1v) is 11.0. The molecule has 0 radical (unpaired) electrons. The number of piperazine rings is 1. The molecule has 1 heterocycles. The lowest BCUT2D eigenvalue weighted by molar-refractivity contribution is -0.117. The number of nitrogens with zero attached hydrogens (tertiary/aromatic N) is 2. The van der Waals surface area contributed by atoms with Crippen LogP contribution in [0.25, 0.3) is 0 Å². The Bertz CT molecular complexity index is 888. The smallest absolute Gasteiger partial charge is 0.243 e. The van der Waals surface area contributed by atoms with Crippen LogP contribution in [0.1, 0.15) is 25.3 Å². The van der Waals surface area contributed by atoms with Gasteiger partial charge in [-0.2, -0.15) is 4.31 Å². The van der Waals surface area contributed by atoms with Crippen molar-refractivity contribution in [2.75, 3.05) is 38.0 Å². The molecular weight excluding hydrogens is 374 g/mol. The van der Waals surface area contributed by atoms with Crippen LogP contribution in [-0.2, 0) is 14.8 Å². The van der Waals surface area contributed by atoms with Crippen molar-refractivity contribution in [3.8, 4) is 0 Å². The predicted octanol–water partition coefficient (Wildman–Crippen LogP) is 2.76. The Labute approximate surface area is 167 Å². The molecule has 1 N–H and O–H groups in total. The second kappa shape index (κ2) is 8.86. The number of nitrogens with one attached hydrogen (secondary N) is 1. The van der Waals surface area contributed by atoms with Crippen molar-refractivity contribution in [3.05, 3.63) is 60.2 Å². The van der Waals surface area contributed by atoms with Crippen LogP contribution in [0.3, 0.4) is 0 Å². The predicted molar refractivity (Wildman–Crippen MR) is 111 cm³/mol. The summed E-state index contributed by atoms with van der Waals surface area (Å²) >= 11 is 0. The molecule has 6 nitrogen and oxygen atoms in total. The molecule has 0 unspecified atom stereocenters. The summed E-state index contributed by atoms with van der Waals surface area (Å²) < 4.78 is 27.2. The van der Waals surface area contributed by atoms with Gasteiger partial charge in [-0.1, -0.05) is 44.2 Å². The van der Waals surface area contributed by atoms with Crippen molar-refractivity contribution in [3.63, 3.8) is 0 Å². The molecule has 2 aromatic rings. The maximum absolute atomic E-state index is 12.9. The first kappa shape index (κ1) is 20.5.